The van der Waals surface area contributed by atoms with E-state index in [-0.39, 0.29) is 11.4 Å². The SMILES string of the molecule is CCc1ccc(Nc2c(F)c(F)cc(F)c2NC)c(F)c1. The normalized spacial score (nSPS) is 10.6. The molecule has 0 saturated heterocycles. The summed E-state index contributed by atoms with van der Waals surface area (Å²) in [4.78, 5) is 0. The van der Waals surface area contributed by atoms with Gasteiger partial charge in [0.2, 0.25) is 0 Å². The van der Waals surface area contributed by atoms with Crippen molar-refractivity contribution in [2.75, 3.05) is 17.7 Å². The van der Waals surface area contributed by atoms with Crippen molar-refractivity contribution in [2.24, 2.45) is 0 Å². The molecule has 0 atom stereocenters. The summed E-state index contributed by atoms with van der Waals surface area (Å²) in [5, 5.41) is 4.83. The second-order valence-electron chi connectivity index (χ2n) is 4.45. The van der Waals surface area contributed by atoms with Crippen molar-refractivity contribution in [2.45, 2.75) is 13.3 Å². The van der Waals surface area contributed by atoms with E-state index in [1.807, 2.05) is 6.92 Å². The second-order valence-corrected chi connectivity index (χ2v) is 4.45. The quantitative estimate of drug-likeness (QED) is 0.637. The van der Waals surface area contributed by atoms with Gasteiger partial charge in [-0.25, -0.2) is 17.6 Å². The first-order valence-electron chi connectivity index (χ1n) is 6.38. The second kappa shape index (κ2) is 6.03. The molecule has 0 spiro atoms. The van der Waals surface area contributed by atoms with Crippen LogP contribution in [0.5, 0.6) is 0 Å². The van der Waals surface area contributed by atoms with Crippen LogP contribution in [0, 0.1) is 23.3 Å². The highest BCUT2D eigenvalue weighted by molar-refractivity contribution is 5.75. The summed E-state index contributed by atoms with van der Waals surface area (Å²) >= 11 is 0. The van der Waals surface area contributed by atoms with Gasteiger partial charge in [0.25, 0.3) is 0 Å². The third-order valence-corrected chi connectivity index (χ3v) is 3.12. The average molecular weight is 298 g/mol. The number of halogens is 4. The van der Waals surface area contributed by atoms with Crippen LogP contribution in [-0.2, 0) is 6.42 Å². The molecule has 0 radical (unpaired) electrons. The average Bonchev–Trinajstić information content (AvgIpc) is 2.46. The molecule has 2 aromatic rings. The maximum atomic E-state index is 13.9. The maximum absolute atomic E-state index is 13.9. The van der Waals surface area contributed by atoms with E-state index in [9.17, 15) is 17.6 Å². The summed E-state index contributed by atoms with van der Waals surface area (Å²) in [5.41, 5.74) is -0.0450. The number of aryl methyl sites for hydroxylation is 1. The van der Waals surface area contributed by atoms with E-state index < -0.39 is 29.0 Å². The Morgan fingerprint density at radius 2 is 1.62 bits per heavy atom. The van der Waals surface area contributed by atoms with Gasteiger partial charge in [0, 0.05) is 13.1 Å². The molecule has 0 aliphatic rings. The van der Waals surface area contributed by atoms with E-state index in [0.29, 0.717) is 12.5 Å². The molecule has 2 nitrogen and oxygen atoms in total. The van der Waals surface area contributed by atoms with Gasteiger partial charge in [-0.1, -0.05) is 13.0 Å². The Hall–Kier alpha value is -2.24. The summed E-state index contributed by atoms with van der Waals surface area (Å²) < 4.78 is 54.6. The zero-order valence-electron chi connectivity index (χ0n) is 11.5. The lowest BCUT2D eigenvalue weighted by Gasteiger charge is -2.15. The van der Waals surface area contributed by atoms with Gasteiger partial charge in [0.05, 0.1) is 11.4 Å². The van der Waals surface area contributed by atoms with Crippen LogP contribution in [0.2, 0.25) is 0 Å². The first kappa shape index (κ1) is 15.2. The predicted octanol–water partition coefficient (Wildman–Crippen LogP) is 4.59. The largest absolute Gasteiger partial charge is 0.384 e. The Kier molecular flexibility index (Phi) is 4.35. The lowest BCUT2D eigenvalue weighted by atomic mass is 10.1. The van der Waals surface area contributed by atoms with Crippen LogP contribution in [0.4, 0.5) is 34.6 Å². The predicted molar refractivity (Wildman–Crippen MR) is 74.9 cm³/mol. The molecule has 6 heteroatoms. The molecular weight excluding hydrogens is 284 g/mol. The minimum atomic E-state index is -1.35. The number of anilines is 3. The van der Waals surface area contributed by atoms with Gasteiger partial charge < -0.3 is 10.6 Å². The molecule has 2 aromatic carbocycles. The van der Waals surface area contributed by atoms with Crippen molar-refractivity contribution in [3.8, 4) is 0 Å². The Labute approximate surface area is 119 Å². The molecule has 2 rings (SSSR count). The molecule has 2 N–H and O–H groups in total. The standard InChI is InChI=1S/C15H14F4N2/c1-3-8-4-5-12(9(16)6-8)21-15-13(19)10(17)7-11(18)14(15)20-2/h4-7,20-21H,3H2,1-2H3. The van der Waals surface area contributed by atoms with Crippen molar-refractivity contribution < 1.29 is 17.6 Å². The third kappa shape index (κ3) is 2.94. The van der Waals surface area contributed by atoms with Crippen LogP contribution in [0.1, 0.15) is 12.5 Å². The minimum Gasteiger partial charge on any atom is -0.384 e. The molecule has 0 unspecified atom stereocenters. The fraction of sp³-hybridized carbons (Fsp3) is 0.200. The summed E-state index contributed by atoms with van der Waals surface area (Å²) in [6, 6.07) is 4.77. The summed E-state index contributed by atoms with van der Waals surface area (Å²) in [7, 11) is 1.36. The van der Waals surface area contributed by atoms with E-state index in [1.54, 1.807) is 6.07 Å². The molecular formula is C15H14F4N2. The number of hydrogen-bond acceptors (Lipinski definition) is 2. The van der Waals surface area contributed by atoms with Gasteiger partial charge in [-0.05, 0) is 24.1 Å². The smallest absolute Gasteiger partial charge is 0.184 e. The van der Waals surface area contributed by atoms with Crippen molar-refractivity contribution in [1.29, 1.82) is 0 Å². The van der Waals surface area contributed by atoms with Crippen LogP contribution >= 0.6 is 0 Å². The summed E-state index contributed by atoms with van der Waals surface area (Å²) in [5.74, 6) is -4.22. The summed E-state index contributed by atoms with van der Waals surface area (Å²) in [6.45, 7) is 1.86. The van der Waals surface area contributed by atoms with Crippen LogP contribution in [0.25, 0.3) is 0 Å². The Bertz CT molecular complexity index is 671. The fourth-order valence-electron chi connectivity index (χ4n) is 1.97. The first-order valence-corrected chi connectivity index (χ1v) is 6.38. The molecule has 21 heavy (non-hydrogen) atoms. The van der Waals surface area contributed by atoms with Crippen LogP contribution in [0.15, 0.2) is 24.3 Å². The van der Waals surface area contributed by atoms with Crippen molar-refractivity contribution in [1.82, 2.24) is 0 Å². The van der Waals surface area contributed by atoms with Crippen LogP contribution in [0.3, 0.4) is 0 Å². The van der Waals surface area contributed by atoms with Crippen LogP contribution in [-0.4, -0.2) is 7.05 Å². The summed E-state index contributed by atoms with van der Waals surface area (Å²) in [6.07, 6.45) is 0.641. The maximum Gasteiger partial charge on any atom is 0.184 e. The van der Waals surface area contributed by atoms with Gasteiger partial charge in [-0.15, -0.1) is 0 Å². The molecule has 0 saturated carbocycles. The number of benzene rings is 2. The molecule has 0 fully saturated rings. The van der Waals surface area contributed by atoms with Gasteiger partial charge in [-0.2, -0.15) is 0 Å². The van der Waals surface area contributed by atoms with Gasteiger partial charge in [0.1, 0.15) is 11.5 Å². The van der Waals surface area contributed by atoms with Crippen molar-refractivity contribution >= 4 is 17.1 Å². The van der Waals surface area contributed by atoms with Gasteiger partial charge >= 0.3 is 0 Å². The highest BCUT2D eigenvalue weighted by Gasteiger charge is 2.19. The molecule has 0 heterocycles. The van der Waals surface area contributed by atoms with E-state index >= 15 is 0 Å². The molecule has 0 aromatic heterocycles. The monoisotopic (exact) mass is 298 g/mol. The topological polar surface area (TPSA) is 24.1 Å². The van der Waals surface area contributed by atoms with E-state index in [2.05, 4.69) is 10.6 Å². The van der Waals surface area contributed by atoms with E-state index in [1.165, 1.54) is 19.2 Å². The number of rotatable bonds is 4. The van der Waals surface area contributed by atoms with Gasteiger partial charge in [0.15, 0.2) is 17.5 Å². The van der Waals surface area contributed by atoms with Crippen molar-refractivity contribution in [3.63, 3.8) is 0 Å². The molecule has 112 valence electrons. The Balaban J connectivity index is 2.48. The van der Waals surface area contributed by atoms with Crippen molar-refractivity contribution in [3.05, 3.63) is 53.1 Å². The highest BCUT2D eigenvalue weighted by atomic mass is 19.2. The zero-order chi connectivity index (χ0) is 15.6. The van der Waals surface area contributed by atoms with Crippen LogP contribution < -0.4 is 10.6 Å². The number of hydrogen-bond donors (Lipinski definition) is 2. The fourth-order valence-corrected chi connectivity index (χ4v) is 1.97. The lowest BCUT2D eigenvalue weighted by Crippen LogP contribution is -2.06. The first-order chi connectivity index (χ1) is 9.97. The lowest BCUT2D eigenvalue weighted by molar-refractivity contribution is 0.499. The molecule has 0 amide bonds. The Morgan fingerprint density at radius 1 is 0.905 bits per heavy atom. The third-order valence-electron chi connectivity index (χ3n) is 3.12. The zero-order valence-corrected chi connectivity index (χ0v) is 11.5. The molecule has 0 bridgehead atoms. The highest BCUT2D eigenvalue weighted by Crippen LogP contribution is 2.33. The number of nitrogens with one attached hydrogen (secondary N) is 2. The van der Waals surface area contributed by atoms with Gasteiger partial charge in [-0.3, -0.25) is 0 Å². The Morgan fingerprint density at radius 3 is 2.19 bits per heavy atom. The molecule has 0 aliphatic heterocycles. The van der Waals surface area contributed by atoms with E-state index in [4.69, 9.17) is 0 Å². The van der Waals surface area contributed by atoms with E-state index in [0.717, 1.165) is 5.56 Å². The molecule has 0 aliphatic carbocycles. The minimum absolute atomic E-state index is 0.0624.